The molecule has 0 atom stereocenters. The summed E-state index contributed by atoms with van der Waals surface area (Å²) in [5.41, 5.74) is -0.252. The van der Waals surface area contributed by atoms with Crippen molar-refractivity contribution in [2.24, 2.45) is 5.41 Å². The third kappa shape index (κ3) is 4.18. The summed E-state index contributed by atoms with van der Waals surface area (Å²) < 4.78 is 0. The summed E-state index contributed by atoms with van der Waals surface area (Å²) >= 11 is 0. The number of carbonyl (C=O) groups is 1. The van der Waals surface area contributed by atoms with Gasteiger partial charge in [-0.2, -0.15) is 0 Å². The van der Waals surface area contributed by atoms with E-state index in [4.69, 9.17) is 0 Å². The molecule has 0 spiro atoms. The Labute approximate surface area is 116 Å². The van der Waals surface area contributed by atoms with Gasteiger partial charge in [-0.25, -0.2) is 0 Å². The first-order valence-corrected chi connectivity index (χ1v) is 7.61. The van der Waals surface area contributed by atoms with Crippen molar-refractivity contribution >= 4 is 5.91 Å². The van der Waals surface area contributed by atoms with Crippen LogP contribution in [0.3, 0.4) is 0 Å². The van der Waals surface area contributed by atoms with Crippen LogP contribution in [0, 0.1) is 5.41 Å². The molecule has 2 N–H and O–H groups in total. The molecule has 1 amide bonds. The van der Waals surface area contributed by atoms with E-state index in [1.807, 2.05) is 4.90 Å². The summed E-state index contributed by atoms with van der Waals surface area (Å²) in [5.74, 6) is 0.178. The van der Waals surface area contributed by atoms with E-state index in [2.05, 4.69) is 19.2 Å². The Bertz CT molecular complexity index is 312. The quantitative estimate of drug-likeness (QED) is 0.813. The Hall–Kier alpha value is -0.610. The SMILES string of the molecule is CC1(C)CCC(O)(CNCC(=O)N2CCCC2)CC1. The van der Waals surface area contributed by atoms with Crippen molar-refractivity contribution in [3.63, 3.8) is 0 Å². The number of aliphatic hydroxyl groups is 1. The highest BCUT2D eigenvalue weighted by Crippen LogP contribution is 2.39. The normalized spacial score (nSPS) is 25.5. The number of nitrogens with one attached hydrogen (secondary N) is 1. The number of rotatable bonds is 4. The predicted octanol–water partition coefficient (Wildman–Crippen LogP) is 1.53. The highest BCUT2D eigenvalue weighted by atomic mass is 16.3. The smallest absolute Gasteiger partial charge is 0.236 e. The number of nitrogens with zero attached hydrogens (tertiary/aromatic N) is 1. The minimum atomic E-state index is -0.610. The maximum absolute atomic E-state index is 11.9. The van der Waals surface area contributed by atoms with E-state index in [0.29, 0.717) is 18.5 Å². The molecule has 1 aliphatic heterocycles. The summed E-state index contributed by atoms with van der Waals surface area (Å²) in [4.78, 5) is 13.8. The van der Waals surface area contributed by atoms with Crippen LogP contribution in [0.5, 0.6) is 0 Å². The predicted molar refractivity (Wildman–Crippen MR) is 75.9 cm³/mol. The van der Waals surface area contributed by atoms with Crippen LogP contribution in [-0.2, 0) is 4.79 Å². The maximum Gasteiger partial charge on any atom is 0.236 e. The van der Waals surface area contributed by atoms with Gasteiger partial charge in [-0.3, -0.25) is 4.79 Å². The fourth-order valence-electron chi connectivity index (χ4n) is 3.05. The molecule has 4 nitrogen and oxygen atoms in total. The van der Waals surface area contributed by atoms with Crippen molar-refractivity contribution in [3.05, 3.63) is 0 Å². The van der Waals surface area contributed by atoms with Gasteiger partial charge in [0.1, 0.15) is 0 Å². The molecule has 4 heteroatoms. The highest BCUT2D eigenvalue weighted by Gasteiger charge is 2.36. The summed E-state index contributed by atoms with van der Waals surface area (Å²) in [6.07, 6.45) is 6.06. The molecule has 0 unspecified atom stereocenters. The van der Waals surface area contributed by atoms with Crippen molar-refractivity contribution in [2.75, 3.05) is 26.2 Å². The summed E-state index contributed by atoms with van der Waals surface area (Å²) in [6, 6.07) is 0. The number of hydrogen-bond donors (Lipinski definition) is 2. The van der Waals surface area contributed by atoms with Gasteiger partial charge >= 0.3 is 0 Å². The summed E-state index contributed by atoms with van der Waals surface area (Å²) in [6.45, 7) is 7.24. The third-order valence-corrected chi connectivity index (χ3v) is 4.72. The van der Waals surface area contributed by atoms with Gasteiger partial charge in [0.25, 0.3) is 0 Å². The van der Waals surface area contributed by atoms with Gasteiger partial charge in [0, 0.05) is 19.6 Å². The van der Waals surface area contributed by atoms with Crippen LogP contribution in [0.1, 0.15) is 52.4 Å². The first kappa shape index (κ1) is 14.8. The fourth-order valence-corrected chi connectivity index (χ4v) is 3.05. The zero-order valence-corrected chi connectivity index (χ0v) is 12.4. The van der Waals surface area contributed by atoms with Crippen LogP contribution in [0.4, 0.5) is 0 Å². The molecular formula is C15H28N2O2. The first-order valence-electron chi connectivity index (χ1n) is 7.61. The topological polar surface area (TPSA) is 52.6 Å². The molecular weight excluding hydrogens is 240 g/mol. The molecule has 1 saturated heterocycles. The highest BCUT2D eigenvalue weighted by molar-refractivity contribution is 5.78. The molecule has 110 valence electrons. The van der Waals surface area contributed by atoms with Crippen LogP contribution in [-0.4, -0.2) is 47.7 Å². The van der Waals surface area contributed by atoms with E-state index in [1.54, 1.807) is 0 Å². The van der Waals surface area contributed by atoms with Crippen molar-refractivity contribution in [3.8, 4) is 0 Å². The Morgan fingerprint density at radius 3 is 2.32 bits per heavy atom. The molecule has 0 aromatic carbocycles. The standard InChI is InChI=1S/C15H28N2O2/c1-14(2)5-7-15(19,8-6-14)12-16-11-13(18)17-9-3-4-10-17/h16,19H,3-12H2,1-2H3. The Morgan fingerprint density at radius 2 is 1.74 bits per heavy atom. The summed E-state index contributed by atoms with van der Waals surface area (Å²) in [5, 5.41) is 13.7. The largest absolute Gasteiger partial charge is 0.389 e. The lowest BCUT2D eigenvalue weighted by Gasteiger charge is -2.40. The maximum atomic E-state index is 11.9. The van der Waals surface area contributed by atoms with E-state index in [-0.39, 0.29) is 5.91 Å². The number of amides is 1. The minimum Gasteiger partial charge on any atom is -0.389 e. The number of hydrogen-bond acceptors (Lipinski definition) is 3. The van der Waals surface area contributed by atoms with Crippen LogP contribution < -0.4 is 5.32 Å². The van der Waals surface area contributed by atoms with Crippen LogP contribution >= 0.6 is 0 Å². The Kier molecular flexibility index (Phi) is 4.51. The van der Waals surface area contributed by atoms with Gasteiger partial charge in [-0.05, 0) is 43.9 Å². The van der Waals surface area contributed by atoms with Crippen LogP contribution in [0.25, 0.3) is 0 Å². The minimum absolute atomic E-state index is 0.178. The van der Waals surface area contributed by atoms with Gasteiger partial charge in [0.2, 0.25) is 5.91 Å². The first-order chi connectivity index (χ1) is 8.90. The Morgan fingerprint density at radius 1 is 1.16 bits per heavy atom. The van der Waals surface area contributed by atoms with Gasteiger partial charge in [-0.15, -0.1) is 0 Å². The van der Waals surface area contributed by atoms with Gasteiger partial charge in [-0.1, -0.05) is 13.8 Å². The van der Waals surface area contributed by atoms with E-state index < -0.39 is 5.60 Å². The third-order valence-electron chi connectivity index (χ3n) is 4.72. The molecule has 0 radical (unpaired) electrons. The van der Waals surface area contributed by atoms with E-state index in [9.17, 15) is 9.90 Å². The van der Waals surface area contributed by atoms with Crippen molar-refractivity contribution in [1.82, 2.24) is 10.2 Å². The molecule has 2 aliphatic rings. The second kappa shape index (κ2) is 5.80. The molecule has 0 bridgehead atoms. The van der Waals surface area contributed by atoms with Gasteiger partial charge in [0.15, 0.2) is 0 Å². The lowest BCUT2D eigenvalue weighted by Crippen LogP contribution is -2.47. The average Bonchev–Trinajstić information content (AvgIpc) is 2.87. The van der Waals surface area contributed by atoms with E-state index >= 15 is 0 Å². The number of likely N-dealkylation sites (tertiary alicyclic amines) is 1. The second-order valence-electron chi connectivity index (χ2n) is 7.08. The second-order valence-corrected chi connectivity index (χ2v) is 7.08. The van der Waals surface area contributed by atoms with Crippen molar-refractivity contribution in [2.45, 2.75) is 58.0 Å². The lowest BCUT2D eigenvalue weighted by molar-refractivity contribution is -0.129. The van der Waals surface area contributed by atoms with Crippen molar-refractivity contribution in [1.29, 1.82) is 0 Å². The zero-order chi connectivity index (χ0) is 13.9. The molecule has 19 heavy (non-hydrogen) atoms. The molecule has 1 aliphatic carbocycles. The van der Waals surface area contributed by atoms with E-state index in [1.165, 1.54) is 0 Å². The van der Waals surface area contributed by atoms with Crippen LogP contribution in [0.2, 0.25) is 0 Å². The molecule has 1 heterocycles. The van der Waals surface area contributed by atoms with Gasteiger partial charge in [0.05, 0.1) is 12.1 Å². The molecule has 1 saturated carbocycles. The molecule has 2 fully saturated rings. The molecule has 2 rings (SSSR count). The zero-order valence-electron chi connectivity index (χ0n) is 12.4. The number of carbonyl (C=O) groups excluding carboxylic acids is 1. The van der Waals surface area contributed by atoms with Gasteiger partial charge < -0.3 is 15.3 Å². The molecule has 0 aromatic rings. The van der Waals surface area contributed by atoms with Crippen LogP contribution in [0.15, 0.2) is 0 Å². The molecule has 0 aromatic heterocycles. The summed E-state index contributed by atoms with van der Waals surface area (Å²) in [7, 11) is 0. The Balaban J connectivity index is 1.69. The van der Waals surface area contributed by atoms with E-state index in [0.717, 1.165) is 51.6 Å². The monoisotopic (exact) mass is 268 g/mol. The lowest BCUT2D eigenvalue weighted by atomic mass is 9.71. The van der Waals surface area contributed by atoms with Crippen molar-refractivity contribution < 1.29 is 9.90 Å². The average molecular weight is 268 g/mol. The fraction of sp³-hybridized carbons (Fsp3) is 0.933.